The molecule has 1 rings (SSSR count). The van der Waals surface area contributed by atoms with Gasteiger partial charge in [-0.15, -0.1) is 0 Å². The van der Waals surface area contributed by atoms with Crippen molar-refractivity contribution < 1.29 is 23.8 Å². The van der Waals surface area contributed by atoms with Crippen molar-refractivity contribution in [2.24, 2.45) is 5.92 Å². The molecule has 0 aliphatic carbocycles. The summed E-state index contributed by atoms with van der Waals surface area (Å²) < 4.78 is 15.4. The average molecular weight is 412 g/mol. The van der Waals surface area contributed by atoms with Crippen molar-refractivity contribution >= 4 is 46.7 Å². The minimum atomic E-state index is -0.636. The first-order chi connectivity index (χ1) is 11.7. The zero-order chi connectivity index (χ0) is 19.0. The maximum Gasteiger partial charge on any atom is 0.311 e. The van der Waals surface area contributed by atoms with Crippen molar-refractivity contribution in [3.8, 4) is 5.75 Å². The largest absolute Gasteiger partial charge is 0.462 e. The summed E-state index contributed by atoms with van der Waals surface area (Å²) in [7, 11) is 1.62. The van der Waals surface area contributed by atoms with E-state index in [0.29, 0.717) is 11.6 Å². The number of carbonyl (C=O) groups is 2. The van der Waals surface area contributed by atoms with Gasteiger partial charge in [0.05, 0.1) is 22.9 Å². The summed E-state index contributed by atoms with van der Waals surface area (Å²) in [6, 6.07) is 2.82. The molecule has 0 aliphatic heterocycles. The van der Waals surface area contributed by atoms with Crippen LogP contribution in [0.3, 0.4) is 0 Å². The SMILES string of the molecule is COCCC(C)C(C)OC(=O)CCC(=O)Oc1c(Cl)cc(Cl)cc1Cl. The van der Waals surface area contributed by atoms with Crippen LogP contribution in [0.1, 0.15) is 33.1 Å². The van der Waals surface area contributed by atoms with Gasteiger partial charge in [-0.3, -0.25) is 9.59 Å². The van der Waals surface area contributed by atoms with Gasteiger partial charge in [0.2, 0.25) is 0 Å². The predicted octanol–water partition coefficient (Wildman–Crippen LogP) is 4.94. The van der Waals surface area contributed by atoms with Crippen molar-refractivity contribution in [3.63, 3.8) is 0 Å². The molecular weight excluding hydrogens is 391 g/mol. The number of ether oxygens (including phenoxy) is 3. The van der Waals surface area contributed by atoms with Crippen molar-refractivity contribution in [2.45, 2.75) is 39.2 Å². The lowest BCUT2D eigenvalue weighted by molar-refractivity contribution is -0.153. The Morgan fingerprint density at radius 1 is 1.04 bits per heavy atom. The molecule has 0 heterocycles. The number of esters is 2. The second kappa shape index (κ2) is 10.9. The van der Waals surface area contributed by atoms with Gasteiger partial charge in [0.15, 0.2) is 5.75 Å². The number of rotatable bonds is 9. The lowest BCUT2D eigenvalue weighted by Crippen LogP contribution is -2.23. The Morgan fingerprint density at radius 3 is 2.16 bits per heavy atom. The smallest absolute Gasteiger partial charge is 0.311 e. The van der Waals surface area contributed by atoms with Crippen LogP contribution in [0.25, 0.3) is 0 Å². The third kappa shape index (κ3) is 7.82. The van der Waals surface area contributed by atoms with Crippen LogP contribution in [0.2, 0.25) is 15.1 Å². The van der Waals surface area contributed by atoms with E-state index in [9.17, 15) is 9.59 Å². The molecule has 0 N–H and O–H groups in total. The minimum absolute atomic E-state index is 0.0210. The van der Waals surface area contributed by atoms with E-state index in [2.05, 4.69) is 0 Å². The van der Waals surface area contributed by atoms with Gasteiger partial charge in [0.1, 0.15) is 6.10 Å². The van der Waals surface area contributed by atoms with E-state index in [0.717, 1.165) is 6.42 Å². The van der Waals surface area contributed by atoms with Crippen molar-refractivity contribution in [1.29, 1.82) is 0 Å². The summed E-state index contributed by atoms with van der Waals surface area (Å²) in [5.41, 5.74) is 0. The monoisotopic (exact) mass is 410 g/mol. The van der Waals surface area contributed by atoms with Crippen LogP contribution in [-0.4, -0.2) is 31.8 Å². The van der Waals surface area contributed by atoms with Crippen LogP contribution in [0, 0.1) is 5.92 Å². The van der Waals surface area contributed by atoms with Gasteiger partial charge < -0.3 is 14.2 Å². The van der Waals surface area contributed by atoms with E-state index in [1.807, 2.05) is 13.8 Å². The summed E-state index contributed by atoms with van der Waals surface area (Å²) in [4.78, 5) is 23.7. The molecule has 0 radical (unpaired) electrons. The number of hydrogen-bond donors (Lipinski definition) is 0. The molecule has 1 aromatic carbocycles. The van der Waals surface area contributed by atoms with Gasteiger partial charge in [-0.05, 0) is 31.4 Å². The lowest BCUT2D eigenvalue weighted by atomic mass is 10.0. The van der Waals surface area contributed by atoms with E-state index in [-0.39, 0.29) is 40.7 Å². The highest BCUT2D eigenvalue weighted by molar-refractivity contribution is 6.40. The molecule has 2 unspecified atom stereocenters. The second-order valence-electron chi connectivity index (χ2n) is 5.63. The highest BCUT2D eigenvalue weighted by atomic mass is 35.5. The molecule has 0 saturated heterocycles. The molecule has 5 nitrogen and oxygen atoms in total. The Labute approximate surface area is 162 Å². The van der Waals surface area contributed by atoms with Crippen molar-refractivity contribution in [2.75, 3.05) is 13.7 Å². The number of benzene rings is 1. The maximum absolute atomic E-state index is 11.9. The maximum atomic E-state index is 11.9. The van der Waals surface area contributed by atoms with Gasteiger partial charge in [0.25, 0.3) is 0 Å². The number of carbonyl (C=O) groups excluding carboxylic acids is 2. The summed E-state index contributed by atoms with van der Waals surface area (Å²) in [5.74, 6) is -0.930. The minimum Gasteiger partial charge on any atom is -0.462 e. The summed E-state index contributed by atoms with van der Waals surface area (Å²) in [6.45, 7) is 4.37. The first kappa shape index (κ1) is 22.0. The van der Waals surface area contributed by atoms with Gasteiger partial charge in [0, 0.05) is 18.7 Å². The van der Waals surface area contributed by atoms with E-state index >= 15 is 0 Å². The van der Waals surface area contributed by atoms with Crippen LogP contribution in [0.4, 0.5) is 0 Å². The van der Waals surface area contributed by atoms with E-state index in [1.54, 1.807) is 7.11 Å². The highest BCUT2D eigenvalue weighted by Gasteiger charge is 2.19. The first-order valence-electron chi connectivity index (χ1n) is 7.78. The molecule has 0 amide bonds. The van der Waals surface area contributed by atoms with Gasteiger partial charge in [-0.2, -0.15) is 0 Å². The molecule has 0 aliphatic rings. The molecule has 140 valence electrons. The van der Waals surface area contributed by atoms with E-state index < -0.39 is 11.9 Å². The van der Waals surface area contributed by atoms with Gasteiger partial charge in [-0.1, -0.05) is 41.7 Å². The Balaban J connectivity index is 2.45. The Hall–Kier alpha value is -1.01. The molecule has 0 bridgehead atoms. The van der Waals surface area contributed by atoms with Crippen LogP contribution in [-0.2, 0) is 19.1 Å². The number of hydrogen-bond acceptors (Lipinski definition) is 5. The fraction of sp³-hybridized carbons (Fsp3) is 0.529. The number of halogens is 3. The zero-order valence-corrected chi connectivity index (χ0v) is 16.6. The molecule has 2 atom stereocenters. The summed E-state index contributed by atoms with van der Waals surface area (Å²) in [5, 5.41) is 0.568. The topological polar surface area (TPSA) is 61.8 Å². The van der Waals surface area contributed by atoms with Gasteiger partial charge >= 0.3 is 11.9 Å². The number of methoxy groups -OCH3 is 1. The quantitative estimate of drug-likeness (QED) is 0.425. The van der Waals surface area contributed by atoms with Crippen LogP contribution in [0.15, 0.2) is 12.1 Å². The standard InChI is InChI=1S/C17H21Cl3O5/c1-10(6-7-23-3)11(2)24-15(21)4-5-16(22)25-17-13(19)8-12(18)9-14(17)20/h8-11H,4-7H2,1-3H3. The lowest BCUT2D eigenvalue weighted by Gasteiger charge is -2.20. The molecule has 0 fully saturated rings. The Bertz CT molecular complexity index is 583. The Kier molecular flexibility index (Phi) is 9.57. The molecule has 0 aromatic heterocycles. The molecule has 8 heteroatoms. The van der Waals surface area contributed by atoms with Crippen LogP contribution < -0.4 is 4.74 Å². The van der Waals surface area contributed by atoms with E-state index in [4.69, 9.17) is 49.0 Å². The van der Waals surface area contributed by atoms with Crippen LogP contribution >= 0.6 is 34.8 Å². The molecule has 0 saturated carbocycles. The second-order valence-corrected chi connectivity index (χ2v) is 6.88. The fourth-order valence-corrected chi connectivity index (χ4v) is 2.81. The normalized spacial score (nSPS) is 13.2. The molecule has 25 heavy (non-hydrogen) atoms. The van der Waals surface area contributed by atoms with E-state index in [1.165, 1.54) is 12.1 Å². The zero-order valence-electron chi connectivity index (χ0n) is 14.3. The summed E-state index contributed by atoms with van der Waals surface area (Å²) in [6.07, 6.45) is 0.274. The van der Waals surface area contributed by atoms with Crippen molar-refractivity contribution in [3.05, 3.63) is 27.2 Å². The molecule has 0 spiro atoms. The Morgan fingerprint density at radius 2 is 1.60 bits per heavy atom. The third-order valence-corrected chi connectivity index (χ3v) is 4.39. The fourth-order valence-electron chi connectivity index (χ4n) is 1.92. The summed E-state index contributed by atoms with van der Waals surface area (Å²) >= 11 is 17.7. The average Bonchev–Trinajstić information content (AvgIpc) is 2.53. The van der Waals surface area contributed by atoms with Crippen LogP contribution in [0.5, 0.6) is 5.75 Å². The molecule has 1 aromatic rings. The third-order valence-electron chi connectivity index (χ3n) is 3.61. The highest BCUT2D eigenvalue weighted by Crippen LogP contribution is 2.36. The van der Waals surface area contributed by atoms with Crippen molar-refractivity contribution in [1.82, 2.24) is 0 Å². The predicted molar refractivity (Wildman–Crippen MR) is 97.6 cm³/mol. The van der Waals surface area contributed by atoms with Gasteiger partial charge in [-0.25, -0.2) is 0 Å². The first-order valence-corrected chi connectivity index (χ1v) is 8.91. The molecular formula is C17H21Cl3O5.